The number of rotatable bonds is 5. The molecule has 36 heavy (non-hydrogen) atoms. The van der Waals surface area contributed by atoms with Crippen LogP contribution >= 0.6 is 0 Å². The second kappa shape index (κ2) is 9.12. The fourth-order valence-corrected chi connectivity index (χ4v) is 6.57. The average molecular weight is 482 g/mol. The SMILES string of the molecule is COc1cc(C(=O)C2CC3CCC(C2)N3C(=O)OCC2c3ccccc3-c3ccccc32)ccc1C. The predicted octanol–water partition coefficient (Wildman–Crippen LogP) is 6.38. The molecule has 3 aromatic rings. The Kier molecular flexibility index (Phi) is 5.79. The molecule has 2 aliphatic heterocycles. The number of hydrogen-bond donors (Lipinski definition) is 0. The zero-order valence-electron chi connectivity index (χ0n) is 20.8. The van der Waals surface area contributed by atoms with Crippen molar-refractivity contribution in [1.29, 1.82) is 0 Å². The number of nitrogens with zero attached hydrogens (tertiary/aromatic N) is 1. The van der Waals surface area contributed by atoms with Gasteiger partial charge in [0.15, 0.2) is 5.78 Å². The number of carbonyl (C=O) groups is 2. The Morgan fingerprint density at radius 3 is 2.11 bits per heavy atom. The molecule has 1 amide bonds. The first kappa shape index (κ1) is 22.8. The highest BCUT2D eigenvalue weighted by Crippen LogP contribution is 2.45. The van der Waals surface area contributed by atoms with Gasteiger partial charge in [-0.2, -0.15) is 0 Å². The van der Waals surface area contributed by atoms with Gasteiger partial charge in [0.25, 0.3) is 0 Å². The van der Waals surface area contributed by atoms with Crippen LogP contribution in [0.1, 0.15) is 58.6 Å². The van der Waals surface area contributed by atoms with Gasteiger partial charge >= 0.3 is 6.09 Å². The summed E-state index contributed by atoms with van der Waals surface area (Å²) >= 11 is 0. The van der Waals surface area contributed by atoms with Crippen LogP contribution in [0.4, 0.5) is 4.79 Å². The Morgan fingerprint density at radius 1 is 0.889 bits per heavy atom. The Morgan fingerprint density at radius 2 is 1.50 bits per heavy atom. The molecule has 0 N–H and O–H groups in total. The maximum absolute atomic E-state index is 13.3. The van der Waals surface area contributed by atoms with Crippen LogP contribution in [0.25, 0.3) is 11.1 Å². The van der Waals surface area contributed by atoms with Crippen molar-refractivity contribution in [2.24, 2.45) is 5.92 Å². The molecule has 3 aliphatic rings. The number of Topliss-reactive ketones (excluding diaryl/α,β-unsaturated/α-hetero) is 1. The molecule has 1 aliphatic carbocycles. The van der Waals surface area contributed by atoms with Crippen molar-refractivity contribution in [1.82, 2.24) is 4.90 Å². The molecule has 5 nitrogen and oxygen atoms in total. The Bertz CT molecular complexity index is 1270. The van der Waals surface area contributed by atoms with E-state index in [-0.39, 0.29) is 35.8 Å². The summed E-state index contributed by atoms with van der Waals surface area (Å²) in [7, 11) is 1.63. The van der Waals surface area contributed by atoms with E-state index in [1.807, 2.05) is 42.2 Å². The first-order valence-electron chi connectivity index (χ1n) is 12.9. The number of aryl methyl sites for hydroxylation is 1. The molecule has 6 rings (SSSR count). The first-order chi connectivity index (χ1) is 17.5. The van der Waals surface area contributed by atoms with Crippen LogP contribution < -0.4 is 4.74 Å². The van der Waals surface area contributed by atoms with E-state index in [0.29, 0.717) is 25.0 Å². The van der Waals surface area contributed by atoms with Crippen molar-refractivity contribution in [2.45, 2.75) is 50.6 Å². The second-order valence-electron chi connectivity index (χ2n) is 10.3. The minimum absolute atomic E-state index is 0.0506. The lowest BCUT2D eigenvalue weighted by molar-refractivity contribution is 0.0506. The fourth-order valence-electron chi connectivity index (χ4n) is 6.57. The number of hydrogen-bond acceptors (Lipinski definition) is 4. The lowest BCUT2D eigenvalue weighted by Gasteiger charge is -2.37. The summed E-state index contributed by atoms with van der Waals surface area (Å²) in [6.45, 7) is 2.30. The zero-order valence-corrected chi connectivity index (χ0v) is 20.8. The molecule has 0 spiro atoms. The van der Waals surface area contributed by atoms with E-state index in [1.54, 1.807) is 7.11 Å². The molecular formula is C31H31NO4. The summed E-state index contributed by atoms with van der Waals surface area (Å²) in [6.07, 6.45) is 2.99. The number of carbonyl (C=O) groups excluding carboxylic acids is 2. The monoisotopic (exact) mass is 481 g/mol. The standard InChI is InChI=1S/C31H31NO4/c1-19-11-12-20(17-29(19)35-2)30(33)21-15-22-13-14-23(16-21)32(22)31(34)36-18-28-26-9-5-3-7-24(26)25-8-4-6-10-27(25)28/h3-12,17,21-23,28H,13-16,18H2,1-2H3. The molecule has 2 unspecified atom stereocenters. The van der Waals surface area contributed by atoms with Crippen LogP contribution in [0, 0.1) is 12.8 Å². The molecule has 2 heterocycles. The molecule has 5 heteroatoms. The van der Waals surface area contributed by atoms with E-state index in [0.717, 1.165) is 24.2 Å². The van der Waals surface area contributed by atoms with Crippen molar-refractivity contribution in [3.8, 4) is 16.9 Å². The van der Waals surface area contributed by atoms with Crippen molar-refractivity contribution in [2.75, 3.05) is 13.7 Å². The van der Waals surface area contributed by atoms with Crippen molar-refractivity contribution in [3.63, 3.8) is 0 Å². The van der Waals surface area contributed by atoms with Gasteiger partial charge in [-0.15, -0.1) is 0 Å². The molecular weight excluding hydrogens is 450 g/mol. The highest BCUT2D eigenvalue weighted by molar-refractivity contribution is 5.98. The van der Waals surface area contributed by atoms with E-state index in [2.05, 4.69) is 36.4 Å². The molecule has 0 radical (unpaired) electrons. The molecule has 0 saturated carbocycles. The van der Waals surface area contributed by atoms with E-state index >= 15 is 0 Å². The van der Waals surface area contributed by atoms with E-state index in [9.17, 15) is 9.59 Å². The van der Waals surface area contributed by atoms with E-state index in [1.165, 1.54) is 22.3 Å². The number of ketones is 1. The predicted molar refractivity (Wildman–Crippen MR) is 139 cm³/mol. The molecule has 184 valence electrons. The molecule has 2 atom stereocenters. The first-order valence-corrected chi connectivity index (χ1v) is 12.9. The van der Waals surface area contributed by atoms with Crippen LogP contribution in [0.15, 0.2) is 66.7 Å². The number of amides is 1. The number of fused-ring (bicyclic) bond motifs is 5. The fraction of sp³-hybridized carbons (Fsp3) is 0.355. The van der Waals surface area contributed by atoms with Gasteiger partial charge in [0.1, 0.15) is 12.4 Å². The third-order valence-electron chi connectivity index (χ3n) is 8.34. The normalized spacial score (nSPS) is 22.2. The zero-order chi connectivity index (χ0) is 24.8. The third-order valence-corrected chi connectivity index (χ3v) is 8.34. The average Bonchev–Trinajstić information content (AvgIpc) is 3.37. The highest BCUT2D eigenvalue weighted by atomic mass is 16.6. The van der Waals surface area contributed by atoms with Gasteiger partial charge in [0.2, 0.25) is 0 Å². The van der Waals surface area contributed by atoms with E-state index < -0.39 is 0 Å². The molecule has 3 aromatic carbocycles. The largest absolute Gasteiger partial charge is 0.496 e. The summed E-state index contributed by atoms with van der Waals surface area (Å²) in [6, 6.07) is 22.5. The Balaban J connectivity index is 1.14. The minimum atomic E-state index is -0.243. The van der Waals surface area contributed by atoms with Gasteiger partial charge in [-0.25, -0.2) is 4.79 Å². The van der Waals surface area contributed by atoms with E-state index in [4.69, 9.17) is 9.47 Å². The Labute approximate surface area is 212 Å². The molecule has 2 saturated heterocycles. The number of piperidine rings is 1. The summed E-state index contributed by atoms with van der Waals surface area (Å²) in [5.41, 5.74) is 6.58. The Hall–Kier alpha value is -3.60. The number of benzene rings is 3. The van der Waals surface area contributed by atoms with Crippen LogP contribution in [0.2, 0.25) is 0 Å². The van der Waals surface area contributed by atoms with Crippen molar-refractivity contribution in [3.05, 3.63) is 89.0 Å². The van der Waals surface area contributed by atoms with Gasteiger partial charge in [-0.05, 0) is 66.5 Å². The van der Waals surface area contributed by atoms with Gasteiger partial charge in [-0.3, -0.25) is 4.79 Å². The van der Waals surface area contributed by atoms with Crippen molar-refractivity contribution >= 4 is 11.9 Å². The topological polar surface area (TPSA) is 55.8 Å². The third kappa shape index (κ3) is 3.78. The summed E-state index contributed by atoms with van der Waals surface area (Å²) in [5.74, 6) is 0.861. The molecule has 2 fully saturated rings. The molecule has 0 aromatic heterocycles. The number of ether oxygens (including phenoxy) is 2. The summed E-state index contributed by atoms with van der Waals surface area (Å²) in [5, 5.41) is 0. The maximum atomic E-state index is 13.3. The second-order valence-corrected chi connectivity index (χ2v) is 10.3. The minimum Gasteiger partial charge on any atom is -0.496 e. The quantitative estimate of drug-likeness (QED) is 0.397. The van der Waals surface area contributed by atoms with Crippen LogP contribution in [-0.2, 0) is 4.74 Å². The van der Waals surface area contributed by atoms with Gasteiger partial charge in [-0.1, -0.05) is 60.7 Å². The number of methoxy groups -OCH3 is 1. The smallest absolute Gasteiger partial charge is 0.410 e. The van der Waals surface area contributed by atoms with Gasteiger partial charge in [0, 0.05) is 29.5 Å². The van der Waals surface area contributed by atoms with Gasteiger partial charge in [0.05, 0.1) is 7.11 Å². The summed E-state index contributed by atoms with van der Waals surface area (Å²) in [4.78, 5) is 28.6. The summed E-state index contributed by atoms with van der Waals surface area (Å²) < 4.78 is 11.4. The van der Waals surface area contributed by atoms with Crippen LogP contribution in [-0.4, -0.2) is 42.6 Å². The van der Waals surface area contributed by atoms with Crippen molar-refractivity contribution < 1.29 is 19.1 Å². The molecule has 2 bridgehead atoms. The van der Waals surface area contributed by atoms with Gasteiger partial charge < -0.3 is 14.4 Å². The van der Waals surface area contributed by atoms with Crippen LogP contribution in [0.3, 0.4) is 0 Å². The maximum Gasteiger partial charge on any atom is 0.410 e. The lowest BCUT2D eigenvalue weighted by atomic mass is 9.84. The van der Waals surface area contributed by atoms with Crippen LogP contribution in [0.5, 0.6) is 5.75 Å². The highest BCUT2D eigenvalue weighted by Gasteiger charge is 2.46. The lowest BCUT2D eigenvalue weighted by Crippen LogP contribution is -2.48.